The van der Waals surface area contributed by atoms with Gasteiger partial charge in [-0.1, -0.05) is 17.7 Å². The molecule has 2 heterocycles. The predicted molar refractivity (Wildman–Crippen MR) is 88.8 cm³/mol. The maximum absolute atomic E-state index is 12.2. The molecule has 0 saturated carbocycles. The lowest BCUT2D eigenvalue weighted by atomic mass is 9.97. The van der Waals surface area contributed by atoms with Gasteiger partial charge in [0, 0.05) is 36.0 Å². The highest BCUT2D eigenvalue weighted by Crippen LogP contribution is 2.23. The van der Waals surface area contributed by atoms with Crippen molar-refractivity contribution < 1.29 is 13.2 Å². The summed E-state index contributed by atoms with van der Waals surface area (Å²) in [6, 6.07) is 6.10. The highest BCUT2D eigenvalue weighted by atomic mass is 35.5. The molecule has 5 nitrogen and oxygen atoms in total. The van der Waals surface area contributed by atoms with E-state index in [0.717, 1.165) is 19.5 Å². The molecule has 1 N–H and O–H groups in total. The molecule has 124 valence electrons. The first-order chi connectivity index (χ1) is 11.0. The molecule has 1 aromatic rings. The Morgan fingerprint density at radius 1 is 1.26 bits per heavy atom. The molecule has 1 amide bonds. The number of hydrogen-bond donors (Lipinski definition) is 1. The molecule has 0 bridgehead atoms. The highest BCUT2D eigenvalue weighted by Gasteiger charge is 2.34. The van der Waals surface area contributed by atoms with E-state index in [9.17, 15) is 13.2 Å². The third-order valence-corrected chi connectivity index (χ3v) is 6.00. The maximum atomic E-state index is 12.2. The van der Waals surface area contributed by atoms with Crippen LogP contribution in [0.1, 0.15) is 6.42 Å². The van der Waals surface area contributed by atoms with Crippen LogP contribution in [-0.2, 0) is 14.6 Å². The molecule has 0 radical (unpaired) electrons. The summed E-state index contributed by atoms with van der Waals surface area (Å²) in [6.07, 6.45) is 2.57. The third kappa shape index (κ3) is 3.76. The number of likely N-dealkylation sites (tertiary alicyclic amines) is 1. The molecule has 23 heavy (non-hydrogen) atoms. The van der Waals surface area contributed by atoms with E-state index in [-0.39, 0.29) is 22.6 Å². The monoisotopic (exact) mass is 354 g/mol. The number of sulfone groups is 1. The van der Waals surface area contributed by atoms with Gasteiger partial charge in [-0.25, -0.2) is 8.42 Å². The molecule has 7 heteroatoms. The Balaban J connectivity index is 1.55. The average molecular weight is 355 g/mol. The molecule has 2 saturated heterocycles. The summed E-state index contributed by atoms with van der Waals surface area (Å²) in [5.41, 5.74) is 0. The first-order valence-electron chi connectivity index (χ1n) is 7.64. The molecule has 2 fully saturated rings. The van der Waals surface area contributed by atoms with Gasteiger partial charge in [0.15, 0.2) is 9.84 Å². The van der Waals surface area contributed by atoms with E-state index in [0.29, 0.717) is 18.1 Å². The second-order valence-corrected chi connectivity index (χ2v) is 8.29. The Bertz CT molecular complexity index is 703. The van der Waals surface area contributed by atoms with Crippen LogP contribution >= 0.6 is 11.6 Å². The number of amides is 1. The minimum absolute atomic E-state index is 0.0812. The van der Waals surface area contributed by atoms with E-state index >= 15 is 0 Å². The van der Waals surface area contributed by atoms with Crippen LogP contribution in [0.5, 0.6) is 0 Å². The zero-order valence-corrected chi connectivity index (χ0v) is 14.2. The van der Waals surface area contributed by atoms with Crippen LogP contribution in [-0.4, -0.2) is 45.4 Å². The molecule has 1 atom stereocenters. The number of carbonyl (C=O) groups excluding carboxylic acids is 1. The van der Waals surface area contributed by atoms with E-state index in [2.05, 4.69) is 5.32 Å². The summed E-state index contributed by atoms with van der Waals surface area (Å²) in [5, 5.41) is 4.92. The predicted octanol–water partition coefficient (Wildman–Crippen LogP) is 1.70. The summed E-state index contributed by atoms with van der Waals surface area (Å²) in [6.45, 7) is 2.84. The number of carbonyl (C=O) groups is 1. The van der Waals surface area contributed by atoms with Crippen LogP contribution in [0.4, 0.5) is 0 Å². The minimum Gasteiger partial charge on any atom is -0.341 e. The van der Waals surface area contributed by atoms with Crippen LogP contribution in [0.15, 0.2) is 40.6 Å². The third-order valence-electron chi connectivity index (χ3n) is 4.30. The van der Waals surface area contributed by atoms with E-state index in [1.165, 1.54) is 17.5 Å². The number of halogens is 1. The normalized spacial score (nSPS) is 22.5. The second kappa shape index (κ2) is 6.63. The molecule has 0 unspecified atom stereocenters. The maximum Gasteiger partial charge on any atom is 0.227 e. The van der Waals surface area contributed by atoms with Crippen LogP contribution < -0.4 is 5.32 Å². The van der Waals surface area contributed by atoms with Crippen molar-refractivity contribution in [3.8, 4) is 0 Å². The number of nitrogens with zero attached hydrogens (tertiary/aromatic N) is 1. The molecular formula is C16H19ClN2O3S. The summed E-state index contributed by atoms with van der Waals surface area (Å²) < 4.78 is 24.4. The quantitative estimate of drug-likeness (QED) is 0.893. The number of rotatable bonds is 4. The van der Waals surface area contributed by atoms with E-state index < -0.39 is 9.84 Å². The van der Waals surface area contributed by atoms with Gasteiger partial charge in [-0.05, 0) is 37.2 Å². The number of hydrogen-bond acceptors (Lipinski definition) is 4. The van der Waals surface area contributed by atoms with Crippen LogP contribution in [0, 0.1) is 11.8 Å². The van der Waals surface area contributed by atoms with E-state index in [4.69, 9.17) is 11.6 Å². The van der Waals surface area contributed by atoms with Crippen molar-refractivity contribution in [3.05, 3.63) is 40.8 Å². The van der Waals surface area contributed by atoms with Gasteiger partial charge in [0.25, 0.3) is 0 Å². The zero-order chi connectivity index (χ0) is 16.4. The first kappa shape index (κ1) is 16.5. The van der Waals surface area contributed by atoms with Crippen molar-refractivity contribution in [2.75, 3.05) is 26.2 Å². The van der Waals surface area contributed by atoms with Crippen LogP contribution in [0.25, 0.3) is 0 Å². The van der Waals surface area contributed by atoms with Gasteiger partial charge in [0.05, 0.1) is 10.8 Å². The van der Waals surface area contributed by atoms with Gasteiger partial charge < -0.3 is 10.2 Å². The molecule has 0 aromatic heterocycles. The Morgan fingerprint density at radius 3 is 2.57 bits per heavy atom. The fourth-order valence-electron chi connectivity index (χ4n) is 2.86. The Kier molecular flexibility index (Phi) is 4.75. The average Bonchev–Trinajstić information content (AvgIpc) is 3.00. The summed E-state index contributed by atoms with van der Waals surface area (Å²) >= 11 is 5.77. The Labute approximate surface area is 141 Å². The van der Waals surface area contributed by atoms with Crippen molar-refractivity contribution in [3.63, 3.8) is 0 Å². The lowest BCUT2D eigenvalue weighted by molar-refractivity contribution is -0.140. The van der Waals surface area contributed by atoms with Crippen molar-refractivity contribution in [2.45, 2.75) is 11.3 Å². The second-order valence-electron chi connectivity index (χ2n) is 6.02. The molecule has 0 spiro atoms. The molecular weight excluding hydrogens is 336 g/mol. The largest absolute Gasteiger partial charge is 0.341 e. The first-order valence-corrected chi connectivity index (χ1v) is 9.56. The van der Waals surface area contributed by atoms with Gasteiger partial charge in [0.1, 0.15) is 0 Å². The van der Waals surface area contributed by atoms with Crippen LogP contribution in [0.3, 0.4) is 0 Å². The highest BCUT2D eigenvalue weighted by molar-refractivity contribution is 7.94. The van der Waals surface area contributed by atoms with Crippen molar-refractivity contribution >= 4 is 27.3 Å². The molecule has 2 aliphatic heterocycles. The lowest BCUT2D eigenvalue weighted by Crippen LogP contribution is -2.51. The number of nitrogens with one attached hydrogen (secondary N) is 1. The minimum atomic E-state index is -3.45. The summed E-state index contributed by atoms with van der Waals surface area (Å²) in [7, 11) is -3.45. The van der Waals surface area contributed by atoms with Crippen molar-refractivity contribution in [1.29, 1.82) is 0 Å². The van der Waals surface area contributed by atoms with Crippen LogP contribution in [0.2, 0.25) is 5.02 Å². The topological polar surface area (TPSA) is 66.5 Å². The van der Waals surface area contributed by atoms with Gasteiger partial charge in [-0.2, -0.15) is 0 Å². The number of benzene rings is 1. The SMILES string of the molecule is O=C([C@H]1CCNC1)N1CC(/C=C/S(=O)(=O)c2ccc(Cl)cc2)C1. The Hall–Kier alpha value is -1.37. The fourth-order valence-corrected chi connectivity index (χ4v) is 4.08. The Morgan fingerprint density at radius 2 is 1.96 bits per heavy atom. The van der Waals surface area contributed by atoms with Gasteiger partial charge in [-0.15, -0.1) is 0 Å². The molecule has 3 rings (SSSR count). The van der Waals surface area contributed by atoms with E-state index in [1.807, 2.05) is 4.90 Å². The van der Waals surface area contributed by atoms with Crippen molar-refractivity contribution in [2.24, 2.45) is 11.8 Å². The smallest absolute Gasteiger partial charge is 0.227 e. The molecule has 0 aliphatic carbocycles. The summed E-state index contributed by atoms with van der Waals surface area (Å²) in [5.74, 6) is 0.369. The molecule has 2 aliphatic rings. The zero-order valence-electron chi connectivity index (χ0n) is 12.6. The van der Waals surface area contributed by atoms with E-state index in [1.54, 1.807) is 18.2 Å². The molecule has 1 aromatic carbocycles. The standard InChI is InChI=1S/C16H19ClN2O3S/c17-14-1-3-15(4-2-14)23(21,22)8-6-12-10-19(11-12)16(20)13-5-7-18-9-13/h1-4,6,8,12-13,18H,5,7,9-11H2/b8-6+/t13-/m0/s1. The lowest BCUT2D eigenvalue weighted by Gasteiger charge is -2.39. The van der Waals surface area contributed by atoms with Crippen molar-refractivity contribution in [1.82, 2.24) is 10.2 Å². The fraction of sp³-hybridized carbons (Fsp3) is 0.438. The summed E-state index contributed by atoms with van der Waals surface area (Å²) in [4.78, 5) is 14.2. The van der Waals surface area contributed by atoms with Gasteiger partial charge in [-0.3, -0.25) is 4.79 Å². The van der Waals surface area contributed by atoms with Gasteiger partial charge >= 0.3 is 0 Å². The van der Waals surface area contributed by atoms with Gasteiger partial charge in [0.2, 0.25) is 5.91 Å².